The fraction of sp³-hybridized carbons (Fsp3) is 0.261. The van der Waals surface area contributed by atoms with Crippen LogP contribution in [0.4, 0.5) is 0 Å². The molecule has 0 radical (unpaired) electrons. The summed E-state index contributed by atoms with van der Waals surface area (Å²) >= 11 is 0. The fourth-order valence-electron chi connectivity index (χ4n) is 4.03. The van der Waals surface area contributed by atoms with E-state index in [2.05, 4.69) is 16.7 Å². The summed E-state index contributed by atoms with van der Waals surface area (Å²) in [5.74, 6) is 3.42. The molecule has 6 nitrogen and oxygen atoms in total. The van der Waals surface area contributed by atoms with Gasteiger partial charge in [0.15, 0.2) is 29.2 Å². The van der Waals surface area contributed by atoms with Gasteiger partial charge in [-0.3, -0.25) is 0 Å². The van der Waals surface area contributed by atoms with E-state index in [0.717, 1.165) is 38.2 Å². The molecule has 1 heterocycles. The molecule has 0 amide bonds. The van der Waals surface area contributed by atoms with Gasteiger partial charge in [0, 0.05) is 11.5 Å². The summed E-state index contributed by atoms with van der Waals surface area (Å²) in [6.07, 6.45) is 2.04. The molecule has 0 atom stereocenters. The SMILES string of the molecule is COc1cc2ccc3c4c(OC)cc(OC)c(OC)c4c[n+](C)c3c2cc1OC.[Cl-]. The Morgan fingerprint density at radius 1 is 0.633 bits per heavy atom. The first-order chi connectivity index (χ1) is 14.1. The Labute approximate surface area is 181 Å². The van der Waals surface area contributed by atoms with E-state index in [9.17, 15) is 0 Å². The Morgan fingerprint density at radius 2 is 1.27 bits per heavy atom. The van der Waals surface area contributed by atoms with Crippen molar-refractivity contribution in [3.63, 3.8) is 0 Å². The summed E-state index contributed by atoms with van der Waals surface area (Å²) in [6.45, 7) is 0. The molecule has 158 valence electrons. The predicted octanol–water partition coefficient (Wildman–Crippen LogP) is 1.02. The van der Waals surface area contributed by atoms with Crippen molar-refractivity contribution in [2.75, 3.05) is 35.5 Å². The van der Waals surface area contributed by atoms with Crippen LogP contribution in [0.2, 0.25) is 0 Å². The van der Waals surface area contributed by atoms with Crippen LogP contribution >= 0.6 is 0 Å². The van der Waals surface area contributed by atoms with Crippen molar-refractivity contribution in [2.24, 2.45) is 7.05 Å². The molecule has 3 aromatic carbocycles. The second-order valence-corrected chi connectivity index (χ2v) is 6.73. The number of benzene rings is 3. The number of aromatic nitrogens is 1. The lowest BCUT2D eigenvalue weighted by atomic mass is 9.99. The highest BCUT2D eigenvalue weighted by Crippen LogP contribution is 2.44. The van der Waals surface area contributed by atoms with E-state index in [-0.39, 0.29) is 12.4 Å². The lowest BCUT2D eigenvalue weighted by Crippen LogP contribution is -3.00. The van der Waals surface area contributed by atoms with Crippen molar-refractivity contribution >= 4 is 32.4 Å². The standard InChI is InChI=1S/C23H24NO5.ClH/c1-24-12-16-21(19(27-4)11-20(28-5)23(16)29-6)14-8-7-13-9-17(25-2)18(26-3)10-15(13)22(14)24;/h7-12H,1-6H3;1H/q+1;/p-1. The molecule has 4 rings (SSSR count). The first-order valence-corrected chi connectivity index (χ1v) is 9.17. The zero-order valence-electron chi connectivity index (χ0n) is 17.8. The number of pyridine rings is 1. The van der Waals surface area contributed by atoms with Crippen LogP contribution in [0, 0.1) is 0 Å². The molecule has 7 heteroatoms. The topological polar surface area (TPSA) is 50.0 Å². The summed E-state index contributed by atoms with van der Waals surface area (Å²) in [4.78, 5) is 0. The molecule has 30 heavy (non-hydrogen) atoms. The van der Waals surface area contributed by atoms with Crippen molar-refractivity contribution < 1.29 is 40.7 Å². The van der Waals surface area contributed by atoms with Gasteiger partial charge in [0.1, 0.15) is 12.8 Å². The van der Waals surface area contributed by atoms with Gasteiger partial charge in [0.05, 0.1) is 51.7 Å². The molecule has 0 unspecified atom stereocenters. The maximum absolute atomic E-state index is 5.72. The normalized spacial score (nSPS) is 10.7. The van der Waals surface area contributed by atoms with Crippen molar-refractivity contribution in [2.45, 2.75) is 0 Å². The third-order valence-electron chi connectivity index (χ3n) is 5.33. The minimum atomic E-state index is 0. The first-order valence-electron chi connectivity index (χ1n) is 9.17. The van der Waals surface area contributed by atoms with Crippen LogP contribution in [0.5, 0.6) is 28.7 Å². The summed E-state index contributed by atoms with van der Waals surface area (Å²) < 4.78 is 30.0. The average Bonchev–Trinajstić information content (AvgIpc) is 2.76. The van der Waals surface area contributed by atoms with Gasteiger partial charge in [-0.05, 0) is 23.6 Å². The van der Waals surface area contributed by atoms with Crippen LogP contribution < -0.4 is 40.7 Å². The largest absolute Gasteiger partial charge is 1.00 e. The van der Waals surface area contributed by atoms with Gasteiger partial charge in [-0.15, -0.1) is 0 Å². The monoisotopic (exact) mass is 429 g/mol. The second kappa shape index (κ2) is 8.32. The number of ether oxygens (including phenoxy) is 5. The summed E-state index contributed by atoms with van der Waals surface area (Å²) in [7, 11) is 10.2. The van der Waals surface area contributed by atoms with E-state index in [1.165, 1.54) is 0 Å². The van der Waals surface area contributed by atoms with Gasteiger partial charge >= 0.3 is 0 Å². The second-order valence-electron chi connectivity index (χ2n) is 6.73. The molecule has 0 saturated heterocycles. The highest BCUT2D eigenvalue weighted by molar-refractivity contribution is 6.17. The molecule has 0 aliphatic rings. The number of methoxy groups -OCH3 is 5. The van der Waals surface area contributed by atoms with Crippen LogP contribution in [-0.4, -0.2) is 35.5 Å². The van der Waals surface area contributed by atoms with Gasteiger partial charge in [-0.1, -0.05) is 6.07 Å². The van der Waals surface area contributed by atoms with E-state index >= 15 is 0 Å². The maximum atomic E-state index is 5.72. The number of rotatable bonds is 5. The summed E-state index contributed by atoms with van der Waals surface area (Å²) in [5, 5.41) is 5.04. The molecule has 0 spiro atoms. The Bertz CT molecular complexity index is 1260. The van der Waals surface area contributed by atoms with E-state index in [1.54, 1.807) is 35.5 Å². The summed E-state index contributed by atoms with van der Waals surface area (Å²) in [6, 6.07) is 10.0. The lowest BCUT2D eigenvalue weighted by Gasteiger charge is -2.15. The number of hydrogen-bond donors (Lipinski definition) is 0. The number of halogens is 1. The van der Waals surface area contributed by atoms with E-state index in [4.69, 9.17) is 23.7 Å². The first kappa shape index (κ1) is 21.6. The van der Waals surface area contributed by atoms with Crippen molar-refractivity contribution in [3.05, 3.63) is 36.5 Å². The average molecular weight is 430 g/mol. The van der Waals surface area contributed by atoms with Crippen LogP contribution in [0.25, 0.3) is 32.4 Å². The minimum Gasteiger partial charge on any atom is -1.00 e. The molecule has 0 aliphatic carbocycles. The quantitative estimate of drug-likeness (QED) is 0.350. The molecule has 1 aromatic heterocycles. The van der Waals surface area contributed by atoms with Gasteiger partial charge in [-0.25, -0.2) is 0 Å². The Hall–Kier alpha value is -3.12. The van der Waals surface area contributed by atoms with Gasteiger partial charge < -0.3 is 36.1 Å². The van der Waals surface area contributed by atoms with Crippen LogP contribution in [0.1, 0.15) is 0 Å². The minimum absolute atomic E-state index is 0. The predicted molar refractivity (Wildman–Crippen MR) is 113 cm³/mol. The van der Waals surface area contributed by atoms with E-state index in [1.807, 2.05) is 31.4 Å². The Balaban J connectivity index is 0.00000256. The lowest BCUT2D eigenvalue weighted by molar-refractivity contribution is -0.642. The van der Waals surface area contributed by atoms with E-state index < -0.39 is 0 Å². The zero-order chi connectivity index (χ0) is 20.7. The Kier molecular flexibility index (Phi) is 5.99. The maximum Gasteiger partial charge on any atom is 0.221 e. The van der Waals surface area contributed by atoms with Gasteiger partial charge in [0.2, 0.25) is 5.52 Å². The molecule has 0 aliphatic heterocycles. The molecular weight excluding hydrogens is 406 g/mol. The molecular formula is C23H24ClNO5. The number of aryl methyl sites for hydroxylation is 1. The highest BCUT2D eigenvalue weighted by atomic mass is 35.5. The molecule has 0 fully saturated rings. The smallest absolute Gasteiger partial charge is 0.221 e. The van der Waals surface area contributed by atoms with Gasteiger partial charge in [0.25, 0.3) is 0 Å². The highest BCUT2D eigenvalue weighted by Gasteiger charge is 2.23. The van der Waals surface area contributed by atoms with Crippen LogP contribution in [0.3, 0.4) is 0 Å². The van der Waals surface area contributed by atoms with Crippen LogP contribution in [-0.2, 0) is 7.05 Å². The third-order valence-corrected chi connectivity index (χ3v) is 5.33. The number of hydrogen-bond acceptors (Lipinski definition) is 5. The zero-order valence-corrected chi connectivity index (χ0v) is 18.6. The summed E-state index contributed by atoms with van der Waals surface area (Å²) in [5.41, 5.74) is 1.06. The van der Waals surface area contributed by atoms with Crippen molar-refractivity contribution in [1.29, 1.82) is 0 Å². The number of nitrogens with zero attached hydrogens (tertiary/aromatic N) is 1. The van der Waals surface area contributed by atoms with Gasteiger partial charge in [-0.2, -0.15) is 4.57 Å². The van der Waals surface area contributed by atoms with Crippen molar-refractivity contribution in [1.82, 2.24) is 0 Å². The van der Waals surface area contributed by atoms with Crippen molar-refractivity contribution in [3.8, 4) is 28.7 Å². The van der Waals surface area contributed by atoms with E-state index in [0.29, 0.717) is 23.0 Å². The van der Waals surface area contributed by atoms with Crippen LogP contribution in [0.15, 0.2) is 36.5 Å². The molecule has 0 bridgehead atoms. The molecule has 0 N–H and O–H groups in total. The Morgan fingerprint density at radius 3 is 1.87 bits per heavy atom. The molecule has 4 aromatic rings. The fourth-order valence-corrected chi connectivity index (χ4v) is 4.03. The number of fused-ring (bicyclic) bond motifs is 5. The third kappa shape index (κ3) is 3.08. The molecule has 0 saturated carbocycles.